The molecule has 158 valence electrons. The molecule has 5 heterocycles. The van der Waals surface area contributed by atoms with E-state index in [2.05, 4.69) is 45.0 Å². The second kappa shape index (κ2) is 7.69. The van der Waals surface area contributed by atoms with Crippen LogP contribution in [0.3, 0.4) is 0 Å². The van der Waals surface area contributed by atoms with Gasteiger partial charge in [-0.2, -0.15) is 5.10 Å². The number of aromatic amines is 1. The molecular weight excluding hydrogens is 395 g/mol. The standard InChI is InChI=1S/C22H29N6OP/c1-3-23-21(29)27-7-5-22(14-27)6-8-28-19(22)11-18(26-28)16-10-17-15(4-9-30-2)12-24-20(17)25-13-16/h10-13,30H,3-9,14H2,1-2H3,(H,23,29)(H,24,25). The zero-order valence-corrected chi connectivity index (χ0v) is 18.7. The van der Waals surface area contributed by atoms with Gasteiger partial charge in [0, 0.05) is 60.6 Å². The van der Waals surface area contributed by atoms with Gasteiger partial charge in [-0.3, -0.25) is 4.68 Å². The summed E-state index contributed by atoms with van der Waals surface area (Å²) in [5.41, 5.74) is 5.65. The molecule has 1 fully saturated rings. The first-order valence-electron chi connectivity index (χ1n) is 10.9. The summed E-state index contributed by atoms with van der Waals surface area (Å²) in [7, 11) is 0.959. The smallest absolute Gasteiger partial charge is 0.317 e. The predicted molar refractivity (Wildman–Crippen MR) is 122 cm³/mol. The highest BCUT2D eigenvalue weighted by molar-refractivity contribution is 7.36. The van der Waals surface area contributed by atoms with Gasteiger partial charge in [-0.25, -0.2) is 9.78 Å². The average molecular weight is 424 g/mol. The fourth-order valence-corrected chi connectivity index (χ4v) is 5.51. The van der Waals surface area contributed by atoms with Crippen molar-refractivity contribution in [3.8, 4) is 11.3 Å². The SMILES string of the molecule is CCNC(=O)N1CCC2(CCn3nc(-c4cnc5[nH]cc(CCPC)c5c4)cc32)C1. The van der Waals surface area contributed by atoms with Gasteiger partial charge >= 0.3 is 6.03 Å². The molecule has 0 aliphatic carbocycles. The number of rotatable bonds is 5. The number of carbonyl (C=O) groups is 1. The van der Waals surface area contributed by atoms with Crippen LogP contribution in [0.2, 0.25) is 0 Å². The Morgan fingerprint density at radius 1 is 1.33 bits per heavy atom. The minimum absolute atomic E-state index is 0.0369. The number of nitrogens with one attached hydrogen (secondary N) is 2. The molecule has 8 heteroatoms. The number of aromatic nitrogens is 4. The molecule has 7 nitrogen and oxygen atoms in total. The van der Waals surface area contributed by atoms with Crippen LogP contribution in [0, 0.1) is 0 Å². The van der Waals surface area contributed by atoms with E-state index in [0.717, 1.165) is 64.4 Å². The lowest BCUT2D eigenvalue weighted by Crippen LogP contribution is -2.40. The molecule has 2 unspecified atom stereocenters. The summed E-state index contributed by atoms with van der Waals surface area (Å²) in [6.07, 6.45) is 8.37. The van der Waals surface area contributed by atoms with Gasteiger partial charge in [0.25, 0.3) is 0 Å². The van der Waals surface area contributed by atoms with Gasteiger partial charge in [-0.15, -0.1) is 8.58 Å². The zero-order valence-electron chi connectivity index (χ0n) is 17.7. The number of hydrogen-bond acceptors (Lipinski definition) is 3. The number of amides is 2. The lowest BCUT2D eigenvalue weighted by Gasteiger charge is -2.23. The van der Waals surface area contributed by atoms with E-state index in [4.69, 9.17) is 5.10 Å². The third kappa shape index (κ3) is 3.20. The van der Waals surface area contributed by atoms with Gasteiger partial charge in [0.05, 0.1) is 5.69 Å². The van der Waals surface area contributed by atoms with Gasteiger partial charge in [-0.05, 0) is 56.7 Å². The molecule has 0 radical (unpaired) electrons. The summed E-state index contributed by atoms with van der Waals surface area (Å²) in [5, 5.41) is 9.06. The molecule has 30 heavy (non-hydrogen) atoms. The number of aryl methyl sites for hydroxylation is 2. The Morgan fingerprint density at radius 3 is 3.03 bits per heavy atom. The van der Waals surface area contributed by atoms with Crippen LogP contribution < -0.4 is 5.32 Å². The minimum Gasteiger partial charge on any atom is -0.346 e. The number of likely N-dealkylation sites (tertiary alicyclic amines) is 1. The molecule has 2 aliphatic heterocycles. The van der Waals surface area contributed by atoms with Gasteiger partial charge in [0.1, 0.15) is 5.65 Å². The van der Waals surface area contributed by atoms with Gasteiger partial charge in [-0.1, -0.05) is 0 Å². The monoisotopic (exact) mass is 424 g/mol. The van der Waals surface area contributed by atoms with Crippen molar-refractivity contribution < 1.29 is 4.79 Å². The maximum Gasteiger partial charge on any atom is 0.317 e. The van der Waals surface area contributed by atoms with Crippen molar-refractivity contribution in [3.05, 3.63) is 35.8 Å². The molecule has 3 aromatic rings. The van der Waals surface area contributed by atoms with Crippen molar-refractivity contribution in [2.45, 2.75) is 38.1 Å². The molecule has 0 aromatic carbocycles. The van der Waals surface area contributed by atoms with Crippen LogP contribution in [-0.2, 0) is 18.4 Å². The van der Waals surface area contributed by atoms with E-state index in [9.17, 15) is 4.79 Å². The highest BCUT2D eigenvalue weighted by Crippen LogP contribution is 2.43. The van der Waals surface area contributed by atoms with Crippen molar-refractivity contribution in [2.75, 3.05) is 32.5 Å². The van der Waals surface area contributed by atoms with E-state index < -0.39 is 0 Å². The molecular formula is C22H29N6OP. The number of pyridine rings is 1. The Kier molecular flexibility index (Phi) is 5.02. The normalized spacial score (nSPS) is 20.8. The van der Waals surface area contributed by atoms with Gasteiger partial charge in [0.15, 0.2) is 0 Å². The maximum atomic E-state index is 12.3. The lowest BCUT2D eigenvalue weighted by molar-refractivity contribution is 0.206. The maximum absolute atomic E-state index is 12.3. The molecule has 2 atom stereocenters. The number of fused-ring (bicyclic) bond motifs is 3. The number of urea groups is 1. The third-order valence-corrected chi connectivity index (χ3v) is 7.40. The molecule has 3 aromatic heterocycles. The molecule has 5 rings (SSSR count). The van der Waals surface area contributed by atoms with Gasteiger partial charge < -0.3 is 15.2 Å². The lowest BCUT2D eigenvalue weighted by atomic mass is 9.82. The van der Waals surface area contributed by atoms with Crippen LogP contribution in [0.5, 0.6) is 0 Å². The summed E-state index contributed by atoms with van der Waals surface area (Å²) in [6, 6.07) is 4.51. The van der Waals surface area contributed by atoms with Crippen LogP contribution in [0.4, 0.5) is 4.79 Å². The minimum atomic E-state index is 0.0369. The molecule has 2 aliphatic rings. The Morgan fingerprint density at radius 2 is 2.20 bits per heavy atom. The van der Waals surface area contributed by atoms with Crippen LogP contribution in [0.1, 0.15) is 31.0 Å². The van der Waals surface area contributed by atoms with E-state index >= 15 is 0 Å². The highest BCUT2D eigenvalue weighted by atomic mass is 31.1. The third-order valence-electron chi connectivity index (χ3n) is 6.65. The van der Waals surface area contributed by atoms with Gasteiger partial charge in [0.2, 0.25) is 0 Å². The number of H-pyrrole nitrogens is 1. The Hall–Kier alpha value is -2.40. The fourth-order valence-electron chi connectivity index (χ4n) is 4.99. The molecule has 2 amide bonds. The zero-order chi connectivity index (χ0) is 20.7. The highest BCUT2D eigenvalue weighted by Gasteiger charge is 2.46. The molecule has 1 spiro atoms. The second-order valence-electron chi connectivity index (χ2n) is 8.46. The summed E-state index contributed by atoms with van der Waals surface area (Å²) in [5.74, 6) is 0. The van der Waals surface area contributed by atoms with E-state index in [1.54, 1.807) is 0 Å². The van der Waals surface area contributed by atoms with Crippen LogP contribution in [0.15, 0.2) is 24.5 Å². The van der Waals surface area contributed by atoms with Crippen molar-refractivity contribution in [1.29, 1.82) is 0 Å². The summed E-state index contributed by atoms with van der Waals surface area (Å²) >= 11 is 0. The van der Waals surface area contributed by atoms with E-state index in [-0.39, 0.29) is 11.4 Å². The first-order valence-corrected chi connectivity index (χ1v) is 12.6. The number of nitrogens with zero attached hydrogens (tertiary/aromatic N) is 4. The Balaban J connectivity index is 1.44. The summed E-state index contributed by atoms with van der Waals surface area (Å²) < 4.78 is 2.15. The van der Waals surface area contributed by atoms with Crippen molar-refractivity contribution >= 4 is 25.6 Å². The van der Waals surface area contributed by atoms with E-state index in [1.807, 2.05) is 18.0 Å². The number of hydrogen-bond donors (Lipinski definition) is 2. The Bertz CT molecular complexity index is 1090. The second-order valence-corrected chi connectivity index (χ2v) is 9.67. The Labute approximate surface area is 178 Å². The van der Waals surface area contributed by atoms with Crippen molar-refractivity contribution in [3.63, 3.8) is 0 Å². The predicted octanol–water partition coefficient (Wildman–Crippen LogP) is 3.35. The fraction of sp³-hybridized carbons (Fsp3) is 0.500. The van der Waals surface area contributed by atoms with E-state index in [0.29, 0.717) is 6.54 Å². The largest absolute Gasteiger partial charge is 0.346 e. The molecule has 2 N–H and O–H groups in total. The first kappa shape index (κ1) is 19.6. The molecule has 1 saturated heterocycles. The van der Waals surface area contributed by atoms with Crippen molar-refractivity contribution in [1.82, 2.24) is 30.0 Å². The molecule has 0 saturated carbocycles. The summed E-state index contributed by atoms with van der Waals surface area (Å²) in [4.78, 5) is 22.2. The van der Waals surface area contributed by atoms with Crippen LogP contribution in [0.25, 0.3) is 22.3 Å². The number of carbonyl (C=O) groups excluding carboxylic acids is 1. The quantitative estimate of drug-likeness (QED) is 0.617. The first-order chi connectivity index (χ1) is 14.6. The average Bonchev–Trinajstić information content (AvgIpc) is 3.52. The van der Waals surface area contributed by atoms with Crippen LogP contribution >= 0.6 is 8.58 Å². The molecule has 0 bridgehead atoms. The van der Waals surface area contributed by atoms with E-state index in [1.165, 1.54) is 22.8 Å². The summed E-state index contributed by atoms with van der Waals surface area (Å²) in [6.45, 7) is 7.38. The van der Waals surface area contributed by atoms with Crippen molar-refractivity contribution in [2.24, 2.45) is 0 Å². The topological polar surface area (TPSA) is 78.8 Å². The van der Waals surface area contributed by atoms with Crippen LogP contribution in [-0.4, -0.2) is 63.1 Å².